The maximum atomic E-state index is 12.9. The van der Waals surface area contributed by atoms with Crippen molar-refractivity contribution in [3.05, 3.63) is 28.8 Å². The zero-order valence-electron chi connectivity index (χ0n) is 10.6. The van der Waals surface area contributed by atoms with Crippen LogP contribution in [0.25, 0.3) is 0 Å². The van der Waals surface area contributed by atoms with Crippen LogP contribution in [0.5, 0.6) is 5.75 Å². The summed E-state index contributed by atoms with van der Waals surface area (Å²) in [4.78, 5) is 11.6. The van der Waals surface area contributed by atoms with Crippen molar-refractivity contribution in [3.8, 4) is 5.75 Å². The highest BCUT2D eigenvalue weighted by Crippen LogP contribution is 2.47. The maximum absolute atomic E-state index is 12.9. The molecule has 0 aliphatic heterocycles. The van der Waals surface area contributed by atoms with E-state index in [0.29, 0.717) is 18.4 Å². The minimum absolute atomic E-state index is 0.132. The lowest BCUT2D eigenvalue weighted by molar-refractivity contribution is -0.143. The number of halogens is 2. The van der Waals surface area contributed by atoms with Crippen molar-refractivity contribution in [1.29, 1.82) is 0 Å². The molecule has 2 rings (SSSR count). The first kappa shape index (κ1) is 13.8. The third kappa shape index (κ3) is 2.17. The normalized spacial score (nSPS) is 17.9. The van der Waals surface area contributed by atoms with Crippen LogP contribution in [0.4, 0.5) is 8.78 Å². The van der Waals surface area contributed by atoms with Gasteiger partial charge in [-0.05, 0) is 25.8 Å². The molecule has 1 saturated carbocycles. The Bertz CT molecular complexity index is 506. The van der Waals surface area contributed by atoms with Crippen LogP contribution in [0.15, 0.2) is 12.1 Å². The van der Waals surface area contributed by atoms with Crippen molar-refractivity contribution in [2.45, 2.75) is 44.4 Å². The van der Waals surface area contributed by atoms with E-state index in [2.05, 4.69) is 0 Å². The standard InChI is InChI=1S/C14H16F2O3/c1-8-6-9(12(15)16)11(17)10(7-8)14(13(18)19)4-2-3-5-14/h6-7,12,17H,2-5H2,1H3,(H,18,19). The van der Waals surface area contributed by atoms with Gasteiger partial charge in [0.2, 0.25) is 0 Å². The molecule has 1 aromatic carbocycles. The minimum atomic E-state index is -2.81. The predicted molar refractivity (Wildman–Crippen MR) is 65.6 cm³/mol. The SMILES string of the molecule is Cc1cc(C(F)F)c(O)c(C2(C(=O)O)CCCC2)c1. The van der Waals surface area contributed by atoms with Gasteiger partial charge in [-0.25, -0.2) is 8.78 Å². The van der Waals surface area contributed by atoms with E-state index in [1.165, 1.54) is 12.1 Å². The number of aliphatic carboxylic acids is 1. The molecule has 0 heterocycles. The zero-order valence-corrected chi connectivity index (χ0v) is 10.6. The van der Waals surface area contributed by atoms with Crippen LogP contribution in [0.1, 0.15) is 48.8 Å². The average Bonchev–Trinajstić information content (AvgIpc) is 2.81. The van der Waals surface area contributed by atoms with E-state index in [4.69, 9.17) is 0 Å². The number of hydrogen-bond acceptors (Lipinski definition) is 2. The lowest BCUT2D eigenvalue weighted by Gasteiger charge is -2.26. The Morgan fingerprint density at radius 3 is 2.37 bits per heavy atom. The summed E-state index contributed by atoms with van der Waals surface area (Å²) in [7, 11) is 0. The van der Waals surface area contributed by atoms with Gasteiger partial charge in [0.15, 0.2) is 0 Å². The molecular weight excluding hydrogens is 254 g/mol. The Kier molecular flexibility index (Phi) is 3.47. The van der Waals surface area contributed by atoms with Gasteiger partial charge in [-0.3, -0.25) is 4.79 Å². The minimum Gasteiger partial charge on any atom is -0.507 e. The smallest absolute Gasteiger partial charge is 0.314 e. The Balaban J connectivity index is 2.64. The molecule has 1 fully saturated rings. The van der Waals surface area contributed by atoms with Crippen LogP contribution in [0.2, 0.25) is 0 Å². The van der Waals surface area contributed by atoms with E-state index in [1.807, 2.05) is 0 Å². The third-order valence-electron chi connectivity index (χ3n) is 3.90. The van der Waals surface area contributed by atoms with E-state index in [-0.39, 0.29) is 5.56 Å². The van der Waals surface area contributed by atoms with Crippen LogP contribution in [0.3, 0.4) is 0 Å². The highest BCUT2D eigenvalue weighted by Gasteiger charge is 2.45. The van der Waals surface area contributed by atoms with Crippen molar-refractivity contribution >= 4 is 5.97 Å². The number of alkyl halides is 2. The largest absolute Gasteiger partial charge is 0.507 e. The molecule has 0 saturated heterocycles. The lowest BCUT2D eigenvalue weighted by atomic mass is 9.77. The monoisotopic (exact) mass is 270 g/mol. The van der Waals surface area contributed by atoms with Gasteiger partial charge in [0.05, 0.1) is 11.0 Å². The Labute approximate surface area is 109 Å². The highest BCUT2D eigenvalue weighted by molar-refractivity contribution is 5.83. The second kappa shape index (κ2) is 4.79. The number of rotatable bonds is 3. The van der Waals surface area contributed by atoms with Crippen molar-refractivity contribution in [2.24, 2.45) is 0 Å². The molecule has 0 amide bonds. The van der Waals surface area contributed by atoms with Gasteiger partial charge < -0.3 is 10.2 Å². The molecule has 19 heavy (non-hydrogen) atoms. The Morgan fingerprint density at radius 1 is 1.32 bits per heavy atom. The lowest BCUT2D eigenvalue weighted by Crippen LogP contribution is -2.33. The Morgan fingerprint density at radius 2 is 1.89 bits per heavy atom. The molecule has 1 aromatic rings. The Hall–Kier alpha value is -1.65. The quantitative estimate of drug-likeness (QED) is 0.883. The fourth-order valence-corrected chi connectivity index (χ4v) is 2.91. The zero-order chi connectivity index (χ0) is 14.2. The average molecular weight is 270 g/mol. The molecular formula is C14H16F2O3. The van der Waals surface area contributed by atoms with E-state index >= 15 is 0 Å². The number of carbonyl (C=O) groups is 1. The molecule has 0 bridgehead atoms. The molecule has 1 aliphatic carbocycles. The van der Waals surface area contributed by atoms with Gasteiger partial charge >= 0.3 is 5.97 Å². The molecule has 2 N–H and O–H groups in total. The van der Waals surface area contributed by atoms with Crippen LogP contribution in [-0.4, -0.2) is 16.2 Å². The third-order valence-corrected chi connectivity index (χ3v) is 3.90. The first-order valence-electron chi connectivity index (χ1n) is 6.24. The summed E-state index contributed by atoms with van der Waals surface area (Å²) in [5.41, 5.74) is -1.04. The van der Waals surface area contributed by atoms with Crippen LogP contribution < -0.4 is 0 Å². The highest BCUT2D eigenvalue weighted by atomic mass is 19.3. The summed E-state index contributed by atoms with van der Waals surface area (Å²) in [6.07, 6.45) is -0.608. The number of hydrogen-bond donors (Lipinski definition) is 2. The van der Waals surface area contributed by atoms with Crippen molar-refractivity contribution in [2.75, 3.05) is 0 Å². The van der Waals surface area contributed by atoms with Crippen LogP contribution >= 0.6 is 0 Å². The summed E-state index contributed by atoms with van der Waals surface area (Å²) in [6.45, 7) is 1.62. The molecule has 3 nitrogen and oxygen atoms in total. The van der Waals surface area contributed by atoms with Gasteiger partial charge in [-0.15, -0.1) is 0 Å². The van der Waals surface area contributed by atoms with Gasteiger partial charge in [-0.2, -0.15) is 0 Å². The molecule has 5 heteroatoms. The first-order chi connectivity index (χ1) is 8.88. The summed E-state index contributed by atoms with van der Waals surface area (Å²) in [5.74, 6) is -1.61. The van der Waals surface area contributed by atoms with E-state index < -0.39 is 29.1 Å². The number of carboxylic acid groups (broad SMARTS) is 1. The van der Waals surface area contributed by atoms with E-state index in [1.54, 1.807) is 6.92 Å². The van der Waals surface area contributed by atoms with Crippen molar-refractivity contribution < 1.29 is 23.8 Å². The second-order valence-electron chi connectivity index (χ2n) is 5.15. The number of phenols is 1. The maximum Gasteiger partial charge on any atom is 0.314 e. The fraction of sp³-hybridized carbons (Fsp3) is 0.500. The predicted octanol–water partition coefficient (Wildman–Crippen LogP) is 3.53. The summed E-state index contributed by atoms with van der Waals surface area (Å²) in [5, 5.41) is 19.5. The van der Waals surface area contributed by atoms with E-state index in [9.17, 15) is 23.8 Å². The number of phenolic OH excluding ortho intramolecular Hbond substituents is 1. The molecule has 0 spiro atoms. The second-order valence-corrected chi connectivity index (χ2v) is 5.15. The van der Waals surface area contributed by atoms with Crippen molar-refractivity contribution in [3.63, 3.8) is 0 Å². The number of aromatic hydroxyl groups is 1. The van der Waals surface area contributed by atoms with Gasteiger partial charge in [-0.1, -0.05) is 24.5 Å². The molecule has 0 radical (unpaired) electrons. The molecule has 0 aromatic heterocycles. The summed E-state index contributed by atoms with van der Waals surface area (Å²) >= 11 is 0. The fourth-order valence-electron chi connectivity index (χ4n) is 2.91. The summed E-state index contributed by atoms with van der Waals surface area (Å²) < 4.78 is 25.8. The number of aryl methyl sites for hydroxylation is 1. The molecule has 1 aliphatic rings. The van der Waals surface area contributed by atoms with Gasteiger partial charge in [0, 0.05) is 5.56 Å². The van der Waals surface area contributed by atoms with Crippen molar-refractivity contribution in [1.82, 2.24) is 0 Å². The molecule has 104 valence electrons. The number of benzene rings is 1. The summed E-state index contributed by atoms with van der Waals surface area (Å²) in [6, 6.07) is 2.72. The van der Waals surface area contributed by atoms with Gasteiger partial charge in [0.1, 0.15) is 5.75 Å². The van der Waals surface area contributed by atoms with Crippen LogP contribution in [-0.2, 0) is 10.2 Å². The molecule has 0 atom stereocenters. The van der Waals surface area contributed by atoms with E-state index in [0.717, 1.165) is 12.8 Å². The first-order valence-corrected chi connectivity index (χ1v) is 6.24. The molecule has 0 unspecified atom stereocenters. The van der Waals surface area contributed by atoms with Crippen LogP contribution in [0, 0.1) is 6.92 Å². The number of carboxylic acids is 1. The topological polar surface area (TPSA) is 57.5 Å². The van der Waals surface area contributed by atoms with Gasteiger partial charge in [0.25, 0.3) is 6.43 Å².